The summed E-state index contributed by atoms with van der Waals surface area (Å²) in [6.45, 7) is 3.13. The highest BCUT2D eigenvalue weighted by Crippen LogP contribution is 2.44. The minimum atomic E-state index is -0.926. The van der Waals surface area contributed by atoms with Crippen molar-refractivity contribution in [2.45, 2.75) is 19.9 Å². The first-order valence-corrected chi connectivity index (χ1v) is 13.0. The van der Waals surface area contributed by atoms with Gasteiger partial charge in [0.1, 0.15) is 10.8 Å². The molecule has 9 heteroatoms. The first kappa shape index (κ1) is 25.9. The Labute approximate surface area is 229 Å². The number of ether oxygens (including phenoxy) is 1. The molecule has 0 saturated heterocycles. The third-order valence-corrected chi connectivity index (χ3v) is 7.56. The predicted octanol–water partition coefficient (Wildman–Crippen LogP) is 5.87. The summed E-state index contributed by atoms with van der Waals surface area (Å²) < 4.78 is 5.29. The minimum Gasteiger partial charge on any atom is -0.503 e. The first-order chi connectivity index (χ1) is 18.8. The van der Waals surface area contributed by atoms with E-state index in [-0.39, 0.29) is 11.5 Å². The van der Waals surface area contributed by atoms with E-state index < -0.39 is 23.5 Å². The van der Waals surface area contributed by atoms with Gasteiger partial charge in [-0.05, 0) is 42.8 Å². The Balaban J connectivity index is 1.62. The Morgan fingerprint density at radius 3 is 2.41 bits per heavy atom. The van der Waals surface area contributed by atoms with Crippen molar-refractivity contribution in [2.24, 2.45) is 0 Å². The monoisotopic (exact) mass is 539 g/mol. The van der Waals surface area contributed by atoms with E-state index in [2.05, 4.69) is 10.3 Å². The first-order valence-electron chi connectivity index (χ1n) is 12.1. The number of nitrogens with zero attached hydrogens (tertiary/aromatic N) is 2. The summed E-state index contributed by atoms with van der Waals surface area (Å²) in [7, 11) is 1.55. The number of amides is 2. The quantitative estimate of drug-likeness (QED) is 0.285. The van der Waals surface area contributed by atoms with E-state index in [0.717, 1.165) is 5.56 Å². The molecule has 1 aliphatic heterocycles. The van der Waals surface area contributed by atoms with Gasteiger partial charge >= 0.3 is 0 Å². The predicted molar refractivity (Wildman–Crippen MR) is 150 cm³/mol. The van der Waals surface area contributed by atoms with Gasteiger partial charge in [-0.15, -0.1) is 11.3 Å². The second kappa shape index (κ2) is 10.5. The maximum atomic E-state index is 14.1. The summed E-state index contributed by atoms with van der Waals surface area (Å²) in [5, 5.41) is 14.5. The number of anilines is 2. The number of aliphatic hydroxyl groups is 1. The number of carbonyl (C=O) groups is 3. The van der Waals surface area contributed by atoms with Gasteiger partial charge < -0.3 is 15.2 Å². The molecule has 0 fully saturated rings. The highest BCUT2D eigenvalue weighted by atomic mass is 32.1. The van der Waals surface area contributed by atoms with Crippen LogP contribution in [-0.2, 0) is 9.59 Å². The van der Waals surface area contributed by atoms with Crippen molar-refractivity contribution in [1.82, 2.24) is 4.98 Å². The fraction of sp³-hybridized carbons (Fsp3) is 0.133. The number of nitrogens with one attached hydrogen (secondary N) is 1. The molecule has 1 aromatic heterocycles. The molecule has 196 valence electrons. The molecule has 1 aliphatic rings. The van der Waals surface area contributed by atoms with Crippen molar-refractivity contribution in [1.29, 1.82) is 0 Å². The number of methoxy groups -OCH3 is 1. The zero-order valence-electron chi connectivity index (χ0n) is 21.5. The van der Waals surface area contributed by atoms with Crippen LogP contribution in [0.5, 0.6) is 5.75 Å². The second-order valence-corrected chi connectivity index (χ2v) is 9.97. The number of ketones is 1. The van der Waals surface area contributed by atoms with Gasteiger partial charge in [-0.2, -0.15) is 0 Å². The number of carbonyl (C=O) groups excluding carboxylic acids is 3. The molecule has 1 unspecified atom stereocenters. The van der Waals surface area contributed by atoms with Crippen LogP contribution in [0.3, 0.4) is 0 Å². The highest BCUT2D eigenvalue weighted by molar-refractivity contribution is 7.17. The fourth-order valence-electron chi connectivity index (χ4n) is 4.58. The summed E-state index contributed by atoms with van der Waals surface area (Å²) in [5.41, 5.74) is 2.83. The van der Waals surface area contributed by atoms with Gasteiger partial charge in [0.25, 0.3) is 5.91 Å². The average Bonchev–Trinajstić information content (AvgIpc) is 3.45. The molecule has 3 aromatic carbocycles. The SMILES string of the molecule is COc1ccc(C2C(C(=O)c3sc(-c4ccccc4)nc3C)=C(O)C(=O)N2c2cccc(NC(C)=O)c2)cc1. The number of aromatic nitrogens is 1. The molecule has 0 aliphatic carbocycles. The molecular formula is C30H25N3O5S. The maximum absolute atomic E-state index is 14.1. The Morgan fingerprint density at radius 2 is 1.74 bits per heavy atom. The van der Waals surface area contributed by atoms with Gasteiger partial charge in [0, 0.05) is 23.9 Å². The molecular weight excluding hydrogens is 514 g/mol. The lowest BCUT2D eigenvalue weighted by Gasteiger charge is -2.27. The van der Waals surface area contributed by atoms with E-state index in [1.54, 1.807) is 62.6 Å². The van der Waals surface area contributed by atoms with Crippen molar-refractivity contribution in [3.8, 4) is 16.3 Å². The van der Waals surface area contributed by atoms with Gasteiger partial charge in [-0.1, -0.05) is 48.5 Å². The summed E-state index contributed by atoms with van der Waals surface area (Å²) in [6.07, 6.45) is 0. The lowest BCUT2D eigenvalue weighted by atomic mass is 9.94. The van der Waals surface area contributed by atoms with Gasteiger partial charge in [0.05, 0.1) is 29.3 Å². The molecule has 0 bridgehead atoms. The van der Waals surface area contributed by atoms with Crippen LogP contribution in [-0.4, -0.2) is 34.8 Å². The number of rotatable bonds is 7. The standard InChI is InChI=1S/C30H25N3O5S/c1-17-28(39-29(31-17)20-8-5-4-6-9-20)26(35)24-25(19-12-14-23(38-3)15-13-19)33(30(37)27(24)36)22-11-7-10-21(16-22)32-18(2)34/h4-16,25,36H,1-3H3,(H,32,34). The Morgan fingerprint density at radius 1 is 1.03 bits per heavy atom. The van der Waals surface area contributed by atoms with Gasteiger partial charge in [0.2, 0.25) is 11.7 Å². The fourth-order valence-corrected chi connectivity index (χ4v) is 5.60. The molecule has 2 N–H and O–H groups in total. The third kappa shape index (κ3) is 4.92. The Bertz CT molecular complexity index is 1610. The van der Waals surface area contributed by atoms with Crippen LogP contribution in [0.1, 0.15) is 33.9 Å². The molecule has 4 aromatic rings. The molecule has 0 radical (unpaired) electrons. The largest absolute Gasteiger partial charge is 0.503 e. The van der Waals surface area contributed by atoms with E-state index in [0.29, 0.717) is 38.3 Å². The van der Waals surface area contributed by atoms with Gasteiger partial charge in [0.15, 0.2) is 5.76 Å². The van der Waals surface area contributed by atoms with Crippen molar-refractivity contribution in [3.63, 3.8) is 0 Å². The summed E-state index contributed by atoms with van der Waals surface area (Å²) in [6, 6.07) is 22.2. The normalized spacial score (nSPS) is 15.0. The number of benzene rings is 3. The molecule has 39 heavy (non-hydrogen) atoms. The van der Waals surface area contributed by atoms with Gasteiger partial charge in [-0.3, -0.25) is 19.3 Å². The van der Waals surface area contributed by atoms with Crippen molar-refractivity contribution >= 4 is 40.3 Å². The van der Waals surface area contributed by atoms with E-state index in [9.17, 15) is 19.5 Å². The average molecular weight is 540 g/mol. The van der Waals surface area contributed by atoms with Gasteiger partial charge in [-0.25, -0.2) is 4.98 Å². The van der Waals surface area contributed by atoms with Crippen molar-refractivity contribution < 1.29 is 24.2 Å². The number of aryl methyl sites for hydroxylation is 1. The van der Waals surface area contributed by atoms with E-state index >= 15 is 0 Å². The van der Waals surface area contributed by atoms with E-state index in [4.69, 9.17) is 4.74 Å². The molecule has 2 heterocycles. The summed E-state index contributed by atoms with van der Waals surface area (Å²) in [5.74, 6) is -1.48. The minimum absolute atomic E-state index is 0.0403. The molecule has 1 atom stereocenters. The lowest BCUT2D eigenvalue weighted by Crippen LogP contribution is -2.31. The maximum Gasteiger partial charge on any atom is 0.294 e. The number of hydrogen-bond donors (Lipinski definition) is 2. The number of aliphatic hydroxyl groups excluding tert-OH is 1. The molecule has 8 nitrogen and oxygen atoms in total. The highest BCUT2D eigenvalue weighted by Gasteiger charge is 2.45. The van der Waals surface area contributed by atoms with E-state index in [1.165, 1.54) is 23.2 Å². The van der Waals surface area contributed by atoms with Crippen LogP contribution in [0.25, 0.3) is 10.6 Å². The van der Waals surface area contributed by atoms with Crippen LogP contribution in [0, 0.1) is 6.92 Å². The number of hydrogen-bond acceptors (Lipinski definition) is 7. The lowest BCUT2D eigenvalue weighted by molar-refractivity contribution is -0.117. The summed E-state index contributed by atoms with van der Waals surface area (Å²) in [4.78, 5) is 45.5. The zero-order chi connectivity index (χ0) is 27.7. The Hall–Kier alpha value is -4.76. The van der Waals surface area contributed by atoms with E-state index in [1.807, 2.05) is 30.3 Å². The van der Waals surface area contributed by atoms with Crippen LogP contribution < -0.4 is 15.0 Å². The van der Waals surface area contributed by atoms with Crippen molar-refractivity contribution in [3.05, 3.63) is 106 Å². The van der Waals surface area contributed by atoms with Crippen molar-refractivity contribution in [2.75, 3.05) is 17.3 Å². The van der Waals surface area contributed by atoms with Crippen LogP contribution >= 0.6 is 11.3 Å². The molecule has 5 rings (SSSR count). The van der Waals surface area contributed by atoms with Crippen LogP contribution in [0.4, 0.5) is 11.4 Å². The zero-order valence-corrected chi connectivity index (χ0v) is 22.3. The Kier molecular flexibility index (Phi) is 7.00. The molecule has 0 saturated carbocycles. The molecule has 0 spiro atoms. The smallest absolute Gasteiger partial charge is 0.294 e. The van der Waals surface area contributed by atoms with Crippen LogP contribution in [0.15, 0.2) is 90.2 Å². The third-order valence-electron chi connectivity index (χ3n) is 6.35. The topological polar surface area (TPSA) is 109 Å². The van der Waals surface area contributed by atoms with Crippen LogP contribution in [0.2, 0.25) is 0 Å². The summed E-state index contributed by atoms with van der Waals surface area (Å²) >= 11 is 1.22. The number of Topliss-reactive ketones (excluding diaryl/α,β-unsaturated/α-hetero) is 1. The number of thiazole rings is 1. The molecule has 2 amide bonds. The second-order valence-electron chi connectivity index (χ2n) is 8.97.